The van der Waals surface area contributed by atoms with E-state index in [0.29, 0.717) is 12.1 Å². The van der Waals surface area contributed by atoms with Crippen LogP contribution in [0.2, 0.25) is 0 Å². The largest absolute Gasteiger partial charge is 0.353 e. The molecule has 152 valence electrons. The number of nitrogens with zero attached hydrogens (tertiary/aromatic N) is 3. The van der Waals surface area contributed by atoms with Crippen LogP contribution in [-0.2, 0) is 11.2 Å². The molecule has 6 nitrogen and oxygen atoms in total. The van der Waals surface area contributed by atoms with Gasteiger partial charge >= 0.3 is 0 Å². The summed E-state index contributed by atoms with van der Waals surface area (Å²) in [6.07, 6.45) is 8.96. The molecule has 2 amide bonds. The van der Waals surface area contributed by atoms with Crippen molar-refractivity contribution in [2.45, 2.75) is 64.0 Å². The van der Waals surface area contributed by atoms with Crippen molar-refractivity contribution in [2.75, 3.05) is 26.2 Å². The van der Waals surface area contributed by atoms with Gasteiger partial charge < -0.3 is 10.2 Å². The Bertz CT molecular complexity index is 710. The molecule has 6 heteroatoms. The molecule has 1 aliphatic carbocycles. The van der Waals surface area contributed by atoms with Gasteiger partial charge in [-0.1, -0.05) is 6.92 Å². The number of aryl methyl sites for hydroxylation is 1. The molecule has 3 fully saturated rings. The Kier molecular flexibility index (Phi) is 5.95. The normalized spacial score (nSPS) is 24.2. The summed E-state index contributed by atoms with van der Waals surface area (Å²) < 4.78 is 0. The Morgan fingerprint density at radius 2 is 1.93 bits per heavy atom. The number of amides is 2. The molecule has 0 spiro atoms. The average molecular weight is 385 g/mol. The Labute approximate surface area is 167 Å². The smallest absolute Gasteiger partial charge is 0.253 e. The van der Waals surface area contributed by atoms with Crippen molar-refractivity contribution >= 4 is 11.8 Å². The van der Waals surface area contributed by atoms with E-state index in [2.05, 4.69) is 22.1 Å². The Balaban J connectivity index is 1.29. The zero-order chi connectivity index (χ0) is 19.5. The van der Waals surface area contributed by atoms with Crippen LogP contribution in [0.25, 0.3) is 0 Å². The first-order valence-corrected chi connectivity index (χ1v) is 10.9. The second kappa shape index (κ2) is 8.60. The highest BCUT2D eigenvalue weighted by Gasteiger charge is 2.34. The molecule has 2 aliphatic heterocycles. The number of likely N-dealkylation sites (tertiary alicyclic amines) is 2. The van der Waals surface area contributed by atoms with Crippen LogP contribution in [0.5, 0.6) is 0 Å². The summed E-state index contributed by atoms with van der Waals surface area (Å²) in [4.78, 5) is 34.0. The lowest BCUT2D eigenvalue weighted by Crippen LogP contribution is -2.51. The molecule has 0 aromatic carbocycles. The number of piperidine rings is 2. The number of rotatable bonds is 5. The van der Waals surface area contributed by atoms with Crippen molar-refractivity contribution in [3.8, 4) is 0 Å². The van der Waals surface area contributed by atoms with Gasteiger partial charge in [0.15, 0.2) is 0 Å². The van der Waals surface area contributed by atoms with Crippen LogP contribution in [0, 0.1) is 5.92 Å². The summed E-state index contributed by atoms with van der Waals surface area (Å²) in [5, 5.41) is 3.17. The van der Waals surface area contributed by atoms with E-state index < -0.39 is 0 Å². The van der Waals surface area contributed by atoms with Crippen LogP contribution in [0.3, 0.4) is 0 Å². The summed E-state index contributed by atoms with van der Waals surface area (Å²) >= 11 is 0. The van der Waals surface area contributed by atoms with Crippen LogP contribution in [0.15, 0.2) is 18.3 Å². The van der Waals surface area contributed by atoms with Gasteiger partial charge in [0.05, 0.1) is 5.92 Å². The molecule has 0 bridgehead atoms. The van der Waals surface area contributed by atoms with E-state index in [1.54, 1.807) is 6.20 Å². The van der Waals surface area contributed by atoms with Gasteiger partial charge in [0.1, 0.15) is 0 Å². The summed E-state index contributed by atoms with van der Waals surface area (Å²) in [6, 6.07) is 4.67. The van der Waals surface area contributed by atoms with Gasteiger partial charge in [0.25, 0.3) is 5.91 Å². The molecule has 1 aromatic rings. The van der Waals surface area contributed by atoms with E-state index in [9.17, 15) is 9.59 Å². The van der Waals surface area contributed by atoms with Crippen LogP contribution < -0.4 is 5.32 Å². The monoisotopic (exact) mass is 384 g/mol. The summed E-state index contributed by atoms with van der Waals surface area (Å²) in [6.45, 7) is 5.60. The van der Waals surface area contributed by atoms with Gasteiger partial charge in [-0.25, -0.2) is 0 Å². The highest BCUT2D eigenvalue weighted by atomic mass is 16.2. The fraction of sp³-hybridized carbons (Fsp3) is 0.682. The molecule has 1 atom stereocenters. The van der Waals surface area contributed by atoms with Crippen molar-refractivity contribution in [3.05, 3.63) is 29.6 Å². The molecule has 0 unspecified atom stereocenters. The van der Waals surface area contributed by atoms with Crippen molar-refractivity contribution in [2.24, 2.45) is 5.92 Å². The third-order valence-corrected chi connectivity index (χ3v) is 6.44. The van der Waals surface area contributed by atoms with Crippen molar-refractivity contribution < 1.29 is 9.59 Å². The first kappa shape index (κ1) is 19.4. The van der Waals surface area contributed by atoms with Gasteiger partial charge in [-0.2, -0.15) is 0 Å². The van der Waals surface area contributed by atoms with Gasteiger partial charge in [0, 0.05) is 49.2 Å². The predicted molar refractivity (Wildman–Crippen MR) is 108 cm³/mol. The van der Waals surface area contributed by atoms with E-state index in [1.807, 2.05) is 17.0 Å². The van der Waals surface area contributed by atoms with E-state index in [-0.39, 0.29) is 17.7 Å². The molecular weight excluding hydrogens is 352 g/mol. The summed E-state index contributed by atoms with van der Waals surface area (Å²) in [5.74, 6) is 0.512. The zero-order valence-corrected chi connectivity index (χ0v) is 16.9. The first-order chi connectivity index (χ1) is 13.6. The lowest BCUT2D eigenvalue weighted by molar-refractivity contribution is -0.127. The Hall–Kier alpha value is -1.95. The minimum atomic E-state index is 0.121. The molecular formula is C22H32N4O2. The highest BCUT2D eigenvalue weighted by Crippen LogP contribution is 2.26. The minimum absolute atomic E-state index is 0.121. The first-order valence-electron chi connectivity index (χ1n) is 10.9. The summed E-state index contributed by atoms with van der Waals surface area (Å²) in [7, 11) is 0. The summed E-state index contributed by atoms with van der Waals surface area (Å²) in [5.41, 5.74) is 1.71. The number of hydrogen-bond acceptors (Lipinski definition) is 4. The van der Waals surface area contributed by atoms with Gasteiger partial charge in [-0.3, -0.25) is 19.5 Å². The fourth-order valence-electron chi connectivity index (χ4n) is 4.52. The molecule has 4 rings (SSSR count). The van der Waals surface area contributed by atoms with Crippen LogP contribution in [0.4, 0.5) is 0 Å². The third-order valence-electron chi connectivity index (χ3n) is 6.44. The molecule has 2 saturated heterocycles. The standard InChI is InChI=1S/C22H32N4O2/c1-2-18-14-16(7-10-23-18)22(28)25-12-8-20(9-13-25)26-11-3-4-17(15-26)21(27)24-19-5-6-19/h7,10,14,17,19-20H,2-6,8-9,11-13,15H2,1H3,(H,24,27)/t17-/m1/s1. The van der Waals surface area contributed by atoms with Gasteiger partial charge in [-0.15, -0.1) is 0 Å². The quantitative estimate of drug-likeness (QED) is 0.846. The number of aromatic nitrogens is 1. The van der Waals surface area contributed by atoms with E-state index in [0.717, 1.165) is 82.4 Å². The van der Waals surface area contributed by atoms with Crippen molar-refractivity contribution in [1.29, 1.82) is 0 Å². The van der Waals surface area contributed by atoms with Crippen LogP contribution in [0.1, 0.15) is 61.5 Å². The van der Waals surface area contributed by atoms with E-state index >= 15 is 0 Å². The predicted octanol–water partition coefficient (Wildman–Crippen LogP) is 2.24. The number of pyridine rings is 1. The van der Waals surface area contributed by atoms with E-state index in [1.165, 1.54) is 0 Å². The fourth-order valence-corrected chi connectivity index (χ4v) is 4.52. The lowest BCUT2D eigenvalue weighted by Gasteiger charge is -2.42. The molecule has 3 heterocycles. The SMILES string of the molecule is CCc1cc(C(=O)N2CCC(N3CCC[C@@H](C(=O)NC4CC4)C3)CC2)ccn1. The highest BCUT2D eigenvalue weighted by molar-refractivity contribution is 5.94. The number of hydrogen-bond donors (Lipinski definition) is 1. The van der Waals surface area contributed by atoms with Crippen LogP contribution >= 0.6 is 0 Å². The molecule has 1 N–H and O–H groups in total. The molecule has 28 heavy (non-hydrogen) atoms. The number of nitrogens with one attached hydrogen (secondary N) is 1. The maximum Gasteiger partial charge on any atom is 0.253 e. The molecule has 1 saturated carbocycles. The maximum absolute atomic E-state index is 12.8. The molecule has 0 radical (unpaired) electrons. The third kappa shape index (κ3) is 4.54. The average Bonchev–Trinajstić information content (AvgIpc) is 3.57. The van der Waals surface area contributed by atoms with Crippen molar-refractivity contribution in [3.63, 3.8) is 0 Å². The zero-order valence-electron chi connectivity index (χ0n) is 16.9. The van der Waals surface area contributed by atoms with Gasteiger partial charge in [0.2, 0.25) is 5.91 Å². The van der Waals surface area contributed by atoms with Gasteiger partial charge in [-0.05, 0) is 63.6 Å². The topological polar surface area (TPSA) is 65.5 Å². The molecule has 1 aromatic heterocycles. The maximum atomic E-state index is 12.8. The number of carbonyl (C=O) groups is 2. The Morgan fingerprint density at radius 1 is 1.14 bits per heavy atom. The second-order valence-corrected chi connectivity index (χ2v) is 8.53. The van der Waals surface area contributed by atoms with Crippen LogP contribution in [-0.4, -0.2) is 64.9 Å². The lowest BCUT2D eigenvalue weighted by atomic mass is 9.93. The van der Waals surface area contributed by atoms with E-state index in [4.69, 9.17) is 0 Å². The minimum Gasteiger partial charge on any atom is -0.353 e. The molecule has 3 aliphatic rings. The second-order valence-electron chi connectivity index (χ2n) is 8.53. The Morgan fingerprint density at radius 3 is 2.64 bits per heavy atom. The van der Waals surface area contributed by atoms with Crippen molar-refractivity contribution in [1.82, 2.24) is 20.1 Å². The number of carbonyl (C=O) groups excluding carboxylic acids is 2.